The van der Waals surface area contributed by atoms with Crippen molar-refractivity contribution < 1.29 is 0 Å². The van der Waals surface area contributed by atoms with Crippen molar-refractivity contribution in [3.63, 3.8) is 0 Å². The Balaban J connectivity index is 1.05. The summed E-state index contributed by atoms with van der Waals surface area (Å²) in [4.78, 5) is 15.2. The fourth-order valence-corrected chi connectivity index (χ4v) is 10.8. The molecule has 0 radical (unpaired) electrons. The van der Waals surface area contributed by atoms with Crippen molar-refractivity contribution in [2.75, 3.05) is 0 Å². The summed E-state index contributed by atoms with van der Waals surface area (Å²) in [7, 11) is 0. The first-order valence-corrected chi connectivity index (χ1v) is 20.2. The number of benzene rings is 9. The summed E-state index contributed by atoms with van der Waals surface area (Å²) in [5.74, 6) is 2.06. The first-order chi connectivity index (χ1) is 27.2. The molecule has 2 aromatic heterocycles. The van der Waals surface area contributed by atoms with Gasteiger partial charge in [0, 0.05) is 0 Å². The van der Waals surface area contributed by atoms with Gasteiger partial charge in [0.25, 0.3) is 0 Å². The molecule has 0 saturated carbocycles. The van der Waals surface area contributed by atoms with Crippen LogP contribution in [0.2, 0.25) is 0 Å². The second-order valence-electron chi connectivity index (χ2n) is 14.0. The fraction of sp³-hybridized carbons (Fsp3) is 0. The summed E-state index contributed by atoms with van der Waals surface area (Å²) in [5, 5.41) is 10.2. The first kappa shape index (κ1) is 31.8. The second-order valence-corrected chi connectivity index (χ2v) is 16.1. The Morgan fingerprint density at radius 1 is 0.273 bits per heavy atom. The normalized spacial score (nSPS) is 11.6. The molecule has 4 heteroatoms. The van der Waals surface area contributed by atoms with Crippen molar-refractivity contribution in [1.82, 2.24) is 15.0 Å². The van der Waals surface area contributed by atoms with Crippen LogP contribution in [0.15, 0.2) is 188 Å². The van der Waals surface area contributed by atoms with Crippen molar-refractivity contribution >= 4 is 66.1 Å². The van der Waals surface area contributed by atoms with Gasteiger partial charge < -0.3 is 0 Å². The van der Waals surface area contributed by atoms with E-state index >= 15 is 0 Å². The van der Waals surface area contributed by atoms with E-state index < -0.39 is 0 Å². The van der Waals surface area contributed by atoms with Gasteiger partial charge in [-0.2, -0.15) is 0 Å². The molecule has 3 nitrogen and oxygen atoms in total. The van der Waals surface area contributed by atoms with Crippen molar-refractivity contribution in [2.24, 2.45) is 0 Å². The second kappa shape index (κ2) is 13.0. The molecule has 0 amide bonds. The average molecular weight is 765 g/mol. The van der Waals surface area contributed by atoms with Crippen molar-refractivity contribution in [2.45, 2.75) is 0 Å². The van der Waals surface area contributed by atoms with E-state index in [0.717, 1.165) is 16.7 Å². The molecule has 55 heavy (non-hydrogen) atoms. The van der Waals surface area contributed by atoms with E-state index in [1.165, 1.54) is 73.9 Å². The topological polar surface area (TPSA) is 38.7 Å². The predicted molar refractivity (Wildman–Crippen MR) is 231 cm³/mol. The number of hydrogen-bond donors (Lipinski definition) is 0. The van der Waals surface area contributed by atoms with E-state index in [-0.39, 0.29) is 14.5 Å². The zero-order valence-electron chi connectivity index (χ0n) is 29.6. The molecule has 0 aliphatic heterocycles. The SMILES string of the molecule is c1ccc(-c2nc(-c3ccccc3)nc(-c3cccc4c3[se]c3c(-c5cccc(-c6ccc7ccc8c9ccccc9ccc8c7c6)c5)cccc34)n2)cc1. The Morgan fingerprint density at radius 2 is 0.764 bits per heavy atom. The summed E-state index contributed by atoms with van der Waals surface area (Å²) in [6.45, 7) is 0. The van der Waals surface area contributed by atoms with Crippen LogP contribution in [-0.2, 0) is 0 Å². The molecule has 0 fully saturated rings. The van der Waals surface area contributed by atoms with E-state index in [2.05, 4.69) is 152 Å². The molecule has 11 aromatic rings. The molecule has 2 heterocycles. The van der Waals surface area contributed by atoms with E-state index in [1.54, 1.807) is 0 Å². The quantitative estimate of drug-likeness (QED) is 0.129. The van der Waals surface area contributed by atoms with Gasteiger partial charge in [-0.15, -0.1) is 0 Å². The molecule has 0 spiro atoms. The van der Waals surface area contributed by atoms with Gasteiger partial charge in [-0.25, -0.2) is 0 Å². The Kier molecular flexibility index (Phi) is 7.51. The van der Waals surface area contributed by atoms with Gasteiger partial charge in [0.15, 0.2) is 0 Å². The third-order valence-electron chi connectivity index (χ3n) is 10.7. The summed E-state index contributed by atoms with van der Waals surface area (Å²) < 4.78 is 2.71. The summed E-state index contributed by atoms with van der Waals surface area (Å²) in [6.07, 6.45) is 0. The van der Waals surface area contributed by atoms with Crippen LogP contribution in [0, 0.1) is 0 Å². The molecule has 0 bridgehead atoms. The van der Waals surface area contributed by atoms with Crippen LogP contribution in [0.25, 0.3) is 108 Å². The van der Waals surface area contributed by atoms with Gasteiger partial charge in [0.1, 0.15) is 0 Å². The van der Waals surface area contributed by atoms with E-state index in [0.29, 0.717) is 17.5 Å². The Labute approximate surface area is 324 Å². The maximum absolute atomic E-state index is 5.11. The molecule has 11 rings (SSSR count). The van der Waals surface area contributed by atoms with Crippen molar-refractivity contribution in [1.29, 1.82) is 0 Å². The van der Waals surface area contributed by atoms with Crippen LogP contribution in [0.1, 0.15) is 0 Å². The van der Waals surface area contributed by atoms with Crippen LogP contribution >= 0.6 is 0 Å². The minimum absolute atomic E-state index is 0.0327. The Hall–Kier alpha value is -6.71. The Morgan fingerprint density at radius 3 is 1.49 bits per heavy atom. The maximum atomic E-state index is 5.11. The monoisotopic (exact) mass is 765 g/mol. The third kappa shape index (κ3) is 5.46. The van der Waals surface area contributed by atoms with Gasteiger partial charge in [-0.3, -0.25) is 0 Å². The van der Waals surface area contributed by atoms with Crippen LogP contribution in [-0.4, -0.2) is 29.5 Å². The van der Waals surface area contributed by atoms with Crippen LogP contribution in [0.5, 0.6) is 0 Å². The van der Waals surface area contributed by atoms with Gasteiger partial charge in [0.05, 0.1) is 0 Å². The molecular formula is C51H31N3Se. The zero-order valence-corrected chi connectivity index (χ0v) is 31.4. The average Bonchev–Trinajstić information content (AvgIpc) is 3.66. The van der Waals surface area contributed by atoms with Gasteiger partial charge in [-0.05, 0) is 0 Å². The van der Waals surface area contributed by atoms with Crippen molar-refractivity contribution in [3.8, 4) is 56.4 Å². The molecule has 0 N–H and O–H groups in total. The molecule has 0 aliphatic carbocycles. The number of hydrogen-bond acceptors (Lipinski definition) is 3. The fourth-order valence-electron chi connectivity index (χ4n) is 8.02. The Bertz CT molecular complexity index is 3200. The van der Waals surface area contributed by atoms with E-state index in [1.807, 2.05) is 36.4 Å². The molecule has 0 atom stereocenters. The van der Waals surface area contributed by atoms with Crippen LogP contribution < -0.4 is 0 Å². The predicted octanol–water partition coefficient (Wildman–Crippen LogP) is 13.0. The molecule has 9 aromatic carbocycles. The number of nitrogens with zero attached hydrogens (tertiary/aromatic N) is 3. The minimum atomic E-state index is 0.0327. The van der Waals surface area contributed by atoms with Gasteiger partial charge in [0.2, 0.25) is 0 Å². The summed E-state index contributed by atoms with van der Waals surface area (Å²) in [6, 6.07) is 67.4. The molecule has 0 aliphatic rings. The van der Waals surface area contributed by atoms with E-state index in [9.17, 15) is 0 Å². The molecule has 256 valence electrons. The van der Waals surface area contributed by atoms with Gasteiger partial charge in [-0.1, -0.05) is 18.2 Å². The zero-order chi connectivity index (χ0) is 36.3. The molecular weight excluding hydrogens is 734 g/mol. The van der Waals surface area contributed by atoms with Crippen molar-refractivity contribution in [3.05, 3.63) is 188 Å². The number of rotatable bonds is 5. The van der Waals surface area contributed by atoms with Crippen LogP contribution in [0.3, 0.4) is 0 Å². The summed E-state index contributed by atoms with van der Waals surface area (Å²) in [5.41, 5.74) is 7.96. The molecule has 0 unspecified atom stereocenters. The molecule has 0 saturated heterocycles. The number of fused-ring (bicyclic) bond motifs is 8. The standard InChI is InChI=1S/C51H31N3Se/c1-3-13-34(14-4-1)49-52-50(35-15-5-2-6-16-35)54-51(53-49)45-23-11-22-44-43-21-10-20-40(47(43)55-48(44)45)38-18-9-17-36(30-38)37-25-24-33-27-28-41-39-19-8-7-12-32(39)26-29-42(41)46(33)31-37/h1-31H. The van der Waals surface area contributed by atoms with Gasteiger partial charge >= 0.3 is 307 Å². The summed E-state index contributed by atoms with van der Waals surface area (Å²) >= 11 is 0.0327. The number of aromatic nitrogens is 3. The van der Waals surface area contributed by atoms with E-state index in [4.69, 9.17) is 15.0 Å². The van der Waals surface area contributed by atoms with Crippen LogP contribution in [0.4, 0.5) is 0 Å². The third-order valence-corrected chi connectivity index (χ3v) is 13.4. The first-order valence-electron chi connectivity index (χ1n) is 18.5.